The van der Waals surface area contributed by atoms with Crippen LogP contribution in [0.5, 0.6) is 0 Å². The number of fused-ring (bicyclic) bond motifs is 2. The second-order valence-corrected chi connectivity index (χ2v) is 9.67. The molecule has 37 heavy (non-hydrogen) atoms. The van der Waals surface area contributed by atoms with Crippen LogP contribution in [-0.2, 0) is 13.1 Å². The van der Waals surface area contributed by atoms with E-state index in [0.717, 1.165) is 21.0 Å². The highest BCUT2D eigenvalue weighted by atomic mass is 35.5. The molecule has 5 heterocycles. The number of hydrogen-bond acceptors (Lipinski definition) is 5. The second kappa shape index (κ2) is 9.77. The molecule has 0 amide bonds. The van der Waals surface area contributed by atoms with Crippen molar-refractivity contribution in [2.45, 2.75) is 31.6 Å². The molecule has 0 atom stereocenters. The van der Waals surface area contributed by atoms with Gasteiger partial charge in [0.25, 0.3) is 5.56 Å². The van der Waals surface area contributed by atoms with E-state index in [1.165, 1.54) is 18.6 Å². The third kappa shape index (κ3) is 4.68. The number of piperidine rings is 1. The predicted molar refractivity (Wildman–Crippen MR) is 143 cm³/mol. The van der Waals surface area contributed by atoms with Crippen molar-refractivity contribution in [2.24, 2.45) is 0 Å². The molecule has 5 aromatic rings. The molecule has 0 saturated carbocycles. The van der Waals surface area contributed by atoms with E-state index in [9.17, 15) is 9.59 Å². The predicted octanol–water partition coefficient (Wildman–Crippen LogP) is 3.42. The number of nitrogens with one attached hydrogen (secondary N) is 2. The van der Waals surface area contributed by atoms with E-state index < -0.39 is 16.9 Å². The second-order valence-electron chi connectivity index (χ2n) is 9.23. The van der Waals surface area contributed by atoms with E-state index in [0.29, 0.717) is 47.7 Å². The van der Waals surface area contributed by atoms with Crippen LogP contribution in [-0.4, -0.2) is 47.5 Å². The lowest BCUT2D eigenvalue weighted by Crippen LogP contribution is -2.41. The Bertz CT molecular complexity index is 1690. The normalized spacial score (nSPS) is 15.2. The molecule has 1 aliphatic heterocycles. The molecule has 1 saturated heterocycles. The Morgan fingerprint density at radius 1 is 1.14 bits per heavy atom. The van der Waals surface area contributed by atoms with Gasteiger partial charge >= 0.3 is 5.69 Å². The van der Waals surface area contributed by atoms with Gasteiger partial charge in [0, 0.05) is 40.6 Å². The zero-order valence-electron chi connectivity index (χ0n) is 19.7. The van der Waals surface area contributed by atoms with Gasteiger partial charge in [0.2, 0.25) is 0 Å². The Kier molecular flexibility index (Phi) is 6.65. The number of H-pyrrole nitrogens is 1. The first-order valence-corrected chi connectivity index (χ1v) is 12.1. The highest BCUT2D eigenvalue weighted by molar-refractivity contribution is 6.32. The lowest BCUT2D eigenvalue weighted by Gasteiger charge is -2.30. The van der Waals surface area contributed by atoms with Crippen molar-refractivity contribution in [1.82, 2.24) is 34.0 Å². The van der Waals surface area contributed by atoms with Gasteiger partial charge in [0.15, 0.2) is 0 Å². The Morgan fingerprint density at radius 3 is 2.73 bits per heavy atom. The first-order chi connectivity index (χ1) is 17.4. The van der Waals surface area contributed by atoms with Crippen molar-refractivity contribution in [3.8, 4) is 11.3 Å². The van der Waals surface area contributed by atoms with Crippen molar-refractivity contribution in [1.29, 1.82) is 0 Å². The SMILES string of the molecule is Cl.O=c1cc[nH]c(=O)n1Cc1cc2c(-c3cc(Cl)cc4ccn(CC5(F)CCNCC5)c34)ncnn2c1. The van der Waals surface area contributed by atoms with Crippen LogP contribution >= 0.6 is 24.0 Å². The van der Waals surface area contributed by atoms with Crippen LogP contribution in [0.2, 0.25) is 5.02 Å². The van der Waals surface area contributed by atoms with Crippen molar-refractivity contribution in [3.05, 3.63) is 86.7 Å². The van der Waals surface area contributed by atoms with Crippen molar-refractivity contribution >= 4 is 40.4 Å². The van der Waals surface area contributed by atoms with E-state index >= 15 is 4.39 Å². The maximum absolute atomic E-state index is 15.6. The molecule has 1 aromatic carbocycles. The molecule has 4 aromatic heterocycles. The van der Waals surface area contributed by atoms with Gasteiger partial charge in [-0.1, -0.05) is 11.6 Å². The fourth-order valence-corrected chi connectivity index (χ4v) is 5.25. The summed E-state index contributed by atoms with van der Waals surface area (Å²) >= 11 is 6.48. The summed E-state index contributed by atoms with van der Waals surface area (Å²) in [5.41, 5.74) is 1.43. The Hall–Kier alpha value is -3.47. The van der Waals surface area contributed by atoms with Gasteiger partial charge in [-0.3, -0.25) is 9.36 Å². The zero-order chi connectivity index (χ0) is 24.9. The van der Waals surface area contributed by atoms with Gasteiger partial charge in [-0.25, -0.2) is 18.7 Å². The van der Waals surface area contributed by atoms with Crippen LogP contribution in [0, 0.1) is 0 Å². The quantitative estimate of drug-likeness (QED) is 0.353. The number of nitrogens with zero attached hydrogens (tertiary/aromatic N) is 5. The van der Waals surface area contributed by atoms with Crippen LogP contribution in [0.3, 0.4) is 0 Å². The number of alkyl halides is 1. The number of aromatic nitrogens is 6. The molecule has 0 bridgehead atoms. The molecule has 0 unspecified atom stereocenters. The molecule has 0 radical (unpaired) electrons. The molecule has 0 spiro atoms. The van der Waals surface area contributed by atoms with Gasteiger partial charge < -0.3 is 14.9 Å². The molecular weight excluding hydrogens is 520 g/mol. The smallest absolute Gasteiger partial charge is 0.328 e. The molecule has 12 heteroatoms. The third-order valence-electron chi connectivity index (χ3n) is 6.78. The van der Waals surface area contributed by atoms with Gasteiger partial charge in [-0.15, -0.1) is 12.4 Å². The van der Waals surface area contributed by atoms with Crippen LogP contribution < -0.4 is 16.6 Å². The van der Waals surface area contributed by atoms with E-state index in [2.05, 4.69) is 20.4 Å². The zero-order valence-corrected chi connectivity index (χ0v) is 21.2. The number of hydrogen-bond donors (Lipinski definition) is 2. The summed E-state index contributed by atoms with van der Waals surface area (Å²) in [4.78, 5) is 31.4. The molecule has 0 aliphatic carbocycles. The summed E-state index contributed by atoms with van der Waals surface area (Å²) in [7, 11) is 0. The molecule has 192 valence electrons. The molecule has 2 N–H and O–H groups in total. The largest absolute Gasteiger partial charge is 0.344 e. The topological polar surface area (TPSA) is 102 Å². The Balaban J connectivity index is 0.00000280. The average Bonchev–Trinajstić information content (AvgIpc) is 3.44. The molecular formula is C25H24Cl2FN7O2. The monoisotopic (exact) mass is 543 g/mol. The molecule has 1 aliphatic rings. The summed E-state index contributed by atoms with van der Waals surface area (Å²) in [6.45, 7) is 1.63. The minimum absolute atomic E-state index is 0. The Labute approximate surface area is 221 Å². The van der Waals surface area contributed by atoms with E-state index in [1.54, 1.807) is 10.7 Å². The first kappa shape index (κ1) is 25.2. The summed E-state index contributed by atoms with van der Waals surface area (Å²) < 4.78 is 20.3. The van der Waals surface area contributed by atoms with Gasteiger partial charge in [0.05, 0.1) is 29.8 Å². The minimum Gasteiger partial charge on any atom is -0.344 e. The van der Waals surface area contributed by atoms with Crippen molar-refractivity contribution in [2.75, 3.05) is 13.1 Å². The summed E-state index contributed by atoms with van der Waals surface area (Å²) in [5.74, 6) is 0. The van der Waals surface area contributed by atoms with Gasteiger partial charge in [-0.05, 0) is 55.8 Å². The number of benzene rings is 1. The number of halogens is 3. The lowest BCUT2D eigenvalue weighted by molar-refractivity contribution is 0.0955. The summed E-state index contributed by atoms with van der Waals surface area (Å²) in [5, 5.41) is 8.97. The highest BCUT2D eigenvalue weighted by Gasteiger charge is 2.32. The fraction of sp³-hybridized carbons (Fsp3) is 0.280. The van der Waals surface area contributed by atoms with Crippen LogP contribution in [0.1, 0.15) is 18.4 Å². The lowest BCUT2D eigenvalue weighted by atomic mass is 9.94. The van der Waals surface area contributed by atoms with Crippen molar-refractivity contribution in [3.63, 3.8) is 0 Å². The summed E-state index contributed by atoms with van der Waals surface area (Å²) in [6.07, 6.45) is 7.32. The van der Waals surface area contributed by atoms with Crippen molar-refractivity contribution < 1.29 is 4.39 Å². The molecule has 9 nitrogen and oxygen atoms in total. The van der Waals surface area contributed by atoms with E-state index in [-0.39, 0.29) is 25.5 Å². The number of aromatic amines is 1. The van der Waals surface area contributed by atoms with Gasteiger partial charge in [-0.2, -0.15) is 5.10 Å². The van der Waals surface area contributed by atoms with Crippen LogP contribution in [0.25, 0.3) is 27.7 Å². The standard InChI is InChI=1S/C25H23ClFN7O2.ClH/c26-18-10-17-2-8-32(14-25(27)3-6-28-7-4-25)23(17)19(11-18)22-20-9-16(13-34(20)31-15-30-22)12-33-21(35)1-5-29-24(33)36;/h1-2,5,8-11,13,15,28H,3-4,6-7,12,14H2,(H,29,36);1H. The van der Waals surface area contributed by atoms with Crippen LogP contribution in [0.4, 0.5) is 4.39 Å². The molecule has 6 rings (SSSR count). The van der Waals surface area contributed by atoms with E-state index in [4.69, 9.17) is 11.6 Å². The average molecular weight is 544 g/mol. The summed E-state index contributed by atoms with van der Waals surface area (Å²) in [6, 6.07) is 8.78. The number of rotatable bonds is 5. The highest BCUT2D eigenvalue weighted by Crippen LogP contribution is 2.36. The van der Waals surface area contributed by atoms with Crippen LogP contribution in [0.15, 0.2) is 64.8 Å². The van der Waals surface area contributed by atoms with Gasteiger partial charge in [0.1, 0.15) is 12.0 Å². The Morgan fingerprint density at radius 2 is 1.95 bits per heavy atom. The fourth-order valence-electron chi connectivity index (χ4n) is 5.03. The minimum atomic E-state index is -1.30. The maximum Gasteiger partial charge on any atom is 0.328 e. The van der Waals surface area contributed by atoms with E-state index in [1.807, 2.05) is 35.0 Å². The third-order valence-corrected chi connectivity index (χ3v) is 7.00. The maximum atomic E-state index is 15.6. The molecule has 1 fully saturated rings. The first-order valence-electron chi connectivity index (χ1n) is 11.7.